The first-order chi connectivity index (χ1) is 23.6. The number of hydrogen-bond donors (Lipinski definition) is 2. The predicted octanol–water partition coefficient (Wildman–Crippen LogP) is 5.62. The number of fused-ring (bicyclic) bond motifs is 6. The average Bonchev–Trinajstić information content (AvgIpc) is 3.04. The Bertz CT molecular complexity index is 1470. The molecule has 1 unspecified atom stereocenters. The third-order valence-corrected chi connectivity index (χ3v) is 11.6. The minimum Gasteiger partial charge on any atom is -0.495 e. The third kappa shape index (κ3) is 9.30. The number of allylic oxidation sites excluding steroid dienone is 3. The summed E-state index contributed by atoms with van der Waals surface area (Å²) in [6.07, 6.45) is 3.83. The van der Waals surface area contributed by atoms with E-state index in [4.69, 9.17) is 40.0 Å². The van der Waals surface area contributed by atoms with Crippen LogP contribution < -0.4 is 15.0 Å². The van der Waals surface area contributed by atoms with Crippen LogP contribution in [0.3, 0.4) is 0 Å². The van der Waals surface area contributed by atoms with Crippen LogP contribution in [-0.2, 0) is 39.7 Å². The van der Waals surface area contributed by atoms with Crippen molar-refractivity contribution < 1.29 is 47.9 Å². The van der Waals surface area contributed by atoms with Gasteiger partial charge in [0.15, 0.2) is 11.8 Å². The zero-order valence-corrected chi connectivity index (χ0v) is 32.3. The zero-order valence-electron chi connectivity index (χ0n) is 29.9. The Hall–Kier alpha value is -2.46. The number of nitrogens with zero attached hydrogens (tertiary/aromatic N) is 1. The second kappa shape index (κ2) is 16.9. The van der Waals surface area contributed by atoms with Crippen LogP contribution in [0.4, 0.5) is 10.5 Å². The summed E-state index contributed by atoms with van der Waals surface area (Å²) in [6, 6.07) is 3.63. The maximum Gasteiger partial charge on any atom is 0.409 e. The van der Waals surface area contributed by atoms with E-state index in [0.29, 0.717) is 24.5 Å². The Morgan fingerprint density at radius 3 is 2.62 bits per heavy atom. The van der Waals surface area contributed by atoms with Gasteiger partial charge in [0.2, 0.25) is 5.91 Å². The van der Waals surface area contributed by atoms with Crippen molar-refractivity contribution in [1.82, 2.24) is 5.32 Å². The van der Waals surface area contributed by atoms with E-state index in [9.17, 15) is 19.5 Å². The van der Waals surface area contributed by atoms with E-state index < -0.39 is 53.4 Å². The molecule has 50 heavy (non-hydrogen) atoms. The SMILES string of the molecule is COc1cc2cc(c1Cl)N(C)C(=O)C[C@H](OC(=O)[C@H](C)OCCCSSC)[C@@]1(C)CC(C)(O1)[C@@H]1C[C@@](O)(NC(=O)O1)[C@H](OC)/C=C/C=C(\C)C2. The summed E-state index contributed by atoms with van der Waals surface area (Å²) in [5.74, 6) is 0.247. The molecule has 0 spiro atoms. The number of nitrogens with one attached hydrogen (secondary N) is 1. The first-order valence-corrected chi connectivity index (χ1v) is 19.6. The van der Waals surface area contributed by atoms with Crippen molar-refractivity contribution >= 4 is 56.8 Å². The summed E-state index contributed by atoms with van der Waals surface area (Å²) < 4.78 is 35.2. The quantitative estimate of drug-likeness (QED) is 0.174. The minimum absolute atomic E-state index is 0.0627. The largest absolute Gasteiger partial charge is 0.495 e. The topological polar surface area (TPSA) is 142 Å². The third-order valence-electron chi connectivity index (χ3n) is 9.31. The molecule has 0 radical (unpaired) electrons. The highest BCUT2D eigenvalue weighted by molar-refractivity contribution is 8.76. The fourth-order valence-corrected chi connectivity index (χ4v) is 8.23. The molecule has 0 aromatic heterocycles. The zero-order chi connectivity index (χ0) is 36.9. The molecule has 7 atom stereocenters. The lowest BCUT2D eigenvalue weighted by molar-refractivity contribution is -0.328. The molecule has 1 aromatic rings. The summed E-state index contributed by atoms with van der Waals surface area (Å²) in [7, 11) is 7.92. The number of carbonyl (C=O) groups is 3. The molecule has 2 N–H and O–H groups in total. The van der Waals surface area contributed by atoms with E-state index >= 15 is 0 Å². The Morgan fingerprint density at radius 1 is 1.24 bits per heavy atom. The number of amides is 2. The molecule has 0 saturated carbocycles. The number of hydrogen-bond acceptors (Lipinski definition) is 12. The van der Waals surface area contributed by atoms with E-state index in [2.05, 4.69) is 5.32 Å². The molecule has 2 saturated heterocycles. The van der Waals surface area contributed by atoms with Crippen LogP contribution in [0.2, 0.25) is 5.02 Å². The number of anilines is 1. The average molecular weight is 757 g/mol. The van der Waals surface area contributed by atoms with Crippen LogP contribution in [0.25, 0.3) is 0 Å². The normalized spacial score (nSPS) is 32.5. The van der Waals surface area contributed by atoms with Crippen LogP contribution in [-0.4, -0.2) is 104 Å². The number of ether oxygens (including phenoxy) is 6. The highest BCUT2D eigenvalue weighted by Crippen LogP contribution is 2.50. The van der Waals surface area contributed by atoms with Gasteiger partial charge in [0, 0.05) is 39.4 Å². The Balaban J connectivity index is 1.72. The number of benzene rings is 1. The molecular formula is C35H49ClN2O10S2. The lowest BCUT2D eigenvalue weighted by Crippen LogP contribution is -2.72. The number of halogens is 1. The maximum atomic E-state index is 14.0. The second-order valence-electron chi connectivity index (χ2n) is 13.4. The van der Waals surface area contributed by atoms with Crippen LogP contribution in [0.15, 0.2) is 35.9 Å². The lowest BCUT2D eigenvalue weighted by Gasteiger charge is -2.59. The fourth-order valence-electron chi connectivity index (χ4n) is 6.66. The fraction of sp³-hybridized carbons (Fsp3) is 0.629. The van der Waals surface area contributed by atoms with Crippen molar-refractivity contribution in [3.63, 3.8) is 0 Å². The molecule has 4 aliphatic rings. The van der Waals surface area contributed by atoms with Gasteiger partial charge in [-0.1, -0.05) is 57.0 Å². The van der Waals surface area contributed by atoms with Crippen LogP contribution >= 0.6 is 33.2 Å². The van der Waals surface area contributed by atoms with Crippen LogP contribution in [0.5, 0.6) is 5.75 Å². The summed E-state index contributed by atoms with van der Waals surface area (Å²) in [5, 5.41) is 14.5. The standard InChI is InChI=1S/C35H49ClN2O10S2/c1-21-11-9-12-26(44-7)35(42)19-28(47-32(41)37-35)34(4)20-33(3,48-34)27(46-31(40)22(2)45-13-10-14-50-49-8)18-29(39)38(5)24-16-23(15-21)17-25(43-6)30(24)36/h9,11-12,16-17,22,26-28,42H,10,13-15,18-20H2,1-8H3,(H,37,41)/b12-9+,21-11+/t22-,26+,27-,28-,33+,34?,35-/m0/s1. The van der Waals surface area contributed by atoms with E-state index in [0.717, 1.165) is 23.3 Å². The monoisotopic (exact) mass is 756 g/mol. The van der Waals surface area contributed by atoms with Gasteiger partial charge in [0.25, 0.3) is 0 Å². The Kier molecular flexibility index (Phi) is 13.6. The summed E-state index contributed by atoms with van der Waals surface area (Å²) >= 11 is 6.74. The van der Waals surface area contributed by atoms with Crippen LogP contribution in [0, 0.1) is 0 Å². The number of esters is 1. The highest BCUT2D eigenvalue weighted by Gasteiger charge is 2.63. The molecule has 15 heteroatoms. The van der Waals surface area contributed by atoms with Crippen molar-refractivity contribution in [2.24, 2.45) is 0 Å². The lowest BCUT2D eigenvalue weighted by atomic mass is 9.72. The molecule has 5 rings (SSSR count). The van der Waals surface area contributed by atoms with Crippen molar-refractivity contribution in [2.45, 2.75) is 101 Å². The molecule has 1 aromatic carbocycles. The first kappa shape index (κ1) is 40.3. The minimum atomic E-state index is -1.82. The summed E-state index contributed by atoms with van der Waals surface area (Å²) in [5.41, 5.74) is -1.88. The van der Waals surface area contributed by atoms with Gasteiger partial charge in [0.05, 0.1) is 19.2 Å². The number of alkyl carbamates (subject to hydrolysis) is 1. The van der Waals surface area contributed by atoms with E-state index in [1.165, 1.54) is 19.1 Å². The molecule has 0 aliphatic carbocycles. The van der Waals surface area contributed by atoms with E-state index in [1.54, 1.807) is 61.6 Å². The highest BCUT2D eigenvalue weighted by atomic mass is 35.5. The van der Waals surface area contributed by atoms with Crippen LogP contribution in [0.1, 0.15) is 58.9 Å². The summed E-state index contributed by atoms with van der Waals surface area (Å²) in [4.78, 5) is 41.7. The molecule has 2 fully saturated rings. The molecule has 4 aliphatic heterocycles. The van der Waals surface area contributed by atoms with Gasteiger partial charge in [-0.05, 0) is 64.5 Å². The molecular weight excluding hydrogens is 708 g/mol. The molecule has 12 nitrogen and oxygen atoms in total. The smallest absolute Gasteiger partial charge is 0.409 e. The Labute approximate surface area is 307 Å². The first-order valence-electron chi connectivity index (χ1n) is 16.5. The Morgan fingerprint density at radius 2 is 1.96 bits per heavy atom. The number of carbonyl (C=O) groups excluding carboxylic acids is 3. The van der Waals surface area contributed by atoms with Gasteiger partial charge in [0.1, 0.15) is 40.3 Å². The van der Waals surface area contributed by atoms with Crippen molar-refractivity contribution in [1.29, 1.82) is 0 Å². The van der Waals surface area contributed by atoms with Gasteiger partial charge >= 0.3 is 12.1 Å². The maximum absolute atomic E-state index is 14.0. The van der Waals surface area contributed by atoms with Crippen molar-refractivity contribution in [3.05, 3.63) is 46.5 Å². The van der Waals surface area contributed by atoms with Gasteiger partial charge < -0.3 is 38.4 Å². The number of aliphatic hydroxyl groups is 1. The molecule has 2 amide bonds. The number of methoxy groups -OCH3 is 2. The molecule has 4 heterocycles. The number of rotatable bonds is 10. The van der Waals surface area contributed by atoms with Crippen molar-refractivity contribution in [3.8, 4) is 5.75 Å². The summed E-state index contributed by atoms with van der Waals surface area (Å²) in [6.45, 7) is 7.42. The molecule has 6 bridgehead atoms. The van der Waals surface area contributed by atoms with Gasteiger partial charge in [-0.25, -0.2) is 9.59 Å². The van der Waals surface area contributed by atoms with Gasteiger partial charge in [-0.2, -0.15) is 0 Å². The van der Waals surface area contributed by atoms with Crippen molar-refractivity contribution in [2.75, 3.05) is 44.8 Å². The van der Waals surface area contributed by atoms with Gasteiger partial charge in [-0.15, -0.1) is 0 Å². The second-order valence-corrected chi connectivity index (χ2v) is 16.4. The van der Waals surface area contributed by atoms with E-state index in [-0.39, 0.29) is 30.2 Å². The predicted molar refractivity (Wildman–Crippen MR) is 195 cm³/mol. The molecule has 278 valence electrons. The van der Waals surface area contributed by atoms with E-state index in [1.807, 2.05) is 31.4 Å². The van der Waals surface area contributed by atoms with Gasteiger partial charge in [-0.3, -0.25) is 10.1 Å².